The molecule has 0 atom stereocenters. The maximum Gasteiger partial charge on any atom is -0.0236 e. The van der Waals surface area contributed by atoms with E-state index >= 15 is 0 Å². The third-order valence-electron chi connectivity index (χ3n) is 5.27. The second kappa shape index (κ2) is 10.7. The van der Waals surface area contributed by atoms with Crippen LogP contribution in [0.4, 0.5) is 0 Å². The number of rotatable bonds is 5. The Hall–Kier alpha value is -2.34. The maximum absolute atomic E-state index is 2.33. The van der Waals surface area contributed by atoms with Crippen LogP contribution in [0, 0.1) is 27.7 Å². The quantitative estimate of drug-likeness (QED) is 0.447. The molecule has 0 amide bonds. The molecule has 142 valence electrons. The van der Waals surface area contributed by atoms with Crippen molar-refractivity contribution in [2.75, 3.05) is 0 Å². The van der Waals surface area contributed by atoms with Gasteiger partial charge in [0.05, 0.1) is 0 Å². The SMILES string of the molecule is CCCc1ccc(CCc2ccc(C)cc2)c(C)c1C.Cc1ccccc1. The molecule has 3 rings (SSSR count). The molecule has 0 aliphatic carbocycles. The first-order valence-electron chi connectivity index (χ1n) is 10.2. The Balaban J connectivity index is 0.000000313. The molecule has 0 N–H and O–H groups in total. The Morgan fingerprint density at radius 2 is 1.04 bits per heavy atom. The van der Waals surface area contributed by atoms with E-state index in [4.69, 9.17) is 0 Å². The summed E-state index contributed by atoms with van der Waals surface area (Å²) >= 11 is 0. The fourth-order valence-corrected chi connectivity index (χ4v) is 3.31. The Morgan fingerprint density at radius 1 is 0.519 bits per heavy atom. The minimum Gasteiger partial charge on any atom is -0.0651 e. The van der Waals surface area contributed by atoms with Crippen molar-refractivity contribution in [1.29, 1.82) is 0 Å². The number of hydrogen-bond acceptors (Lipinski definition) is 0. The summed E-state index contributed by atoms with van der Waals surface area (Å²) < 4.78 is 0. The minimum absolute atomic E-state index is 1.13. The normalized spacial score (nSPS) is 10.3. The van der Waals surface area contributed by atoms with Crippen LogP contribution in [0.2, 0.25) is 0 Å². The number of benzene rings is 3. The molecular formula is C27H34. The zero-order chi connectivity index (χ0) is 19.6. The lowest BCUT2D eigenvalue weighted by molar-refractivity contribution is 0.896. The predicted octanol–water partition coefficient (Wildman–Crippen LogP) is 7.34. The van der Waals surface area contributed by atoms with Gasteiger partial charge in [0.15, 0.2) is 0 Å². The first-order valence-corrected chi connectivity index (χ1v) is 10.2. The van der Waals surface area contributed by atoms with Crippen LogP contribution in [-0.4, -0.2) is 0 Å². The smallest absolute Gasteiger partial charge is 0.0236 e. The van der Waals surface area contributed by atoms with Gasteiger partial charge in [0, 0.05) is 0 Å². The van der Waals surface area contributed by atoms with Crippen molar-refractivity contribution in [3.63, 3.8) is 0 Å². The van der Waals surface area contributed by atoms with Crippen molar-refractivity contribution in [3.8, 4) is 0 Å². The van der Waals surface area contributed by atoms with Gasteiger partial charge in [-0.3, -0.25) is 0 Å². The molecule has 3 aromatic carbocycles. The van der Waals surface area contributed by atoms with E-state index in [1.165, 1.54) is 51.8 Å². The first-order chi connectivity index (χ1) is 13.0. The zero-order valence-electron chi connectivity index (χ0n) is 17.7. The molecule has 3 aromatic rings. The standard InChI is InChI=1S/C20H26.C7H8/c1-5-6-19-13-14-20(17(4)16(19)3)12-11-18-9-7-15(2)8-10-18;1-7-5-3-2-4-6-7/h7-10,13-14H,5-6,11-12H2,1-4H3;2-6H,1H3. The van der Waals surface area contributed by atoms with Gasteiger partial charge in [-0.2, -0.15) is 0 Å². The summed E-state index contributed by atoms with van der Waals surface area (Å²) in [5, 5.41) is 0. The number of hydrogen-bond donors (Lipinski definition) is 0. The molecule has 0 aliphatic heterocycles. The average molecular weight is 359 g/mol. The summed E-state index contributed by atoms with van der Waals surface area (Å²) in [6.07, 6.45) is 4.70. The van der Waals surface area contributed by atoms with E-state index in [1.54, 1.807) is 0 Å². The van der Waals surface area contributed by atoms with Gasteiger partial charge in [0.1, 0.15) is 0 Å². The summed E-state index contributed by atoms with van der Waals surface area (Å²) in [6.45, 7) is 11.0. The lowest BCUT2D eigenvalue weighted by Crippen LogP contribution is -1.99. The van der Waals surface area contributed by atoms with Gasteiger partial charge in [-0.05, 0) is 74.8 Å². The molecule has 0 fully saturated rings. The Bertz CT molecular complexity index is 811. The van der Waals surface area contributed by atoms with Crippen LogP contribution in [0.5, 0.6) is 0 Å². The third kappa shape index (κ3) is 6.71. The third-order valence-corrected chi connectivity index (χ3v) is 5.27. The van der Waals surface area contributed by atoms with Crippen LogP contribution in [0.1, 0.15) is 52.3 Å². The van der Waals surface area contributed by atoms with E-state index in [0.29, 0.717) is 0 Å². The van der Waals surface area contributed by atoms with Crippen molar-refractivity contribution < 1.29 is 0 Å². The van der Waals surface area contributed by atoms with Crippen molar-refractivity contribution in [2.24, 2.45) is 0 Å². The molecule has 0 bridgehead atoms. The van der Waals surface area contributed by atoms with Crippen molar-refractivity contribution in [1.82, 2.24) is 0 Å². The largest absolute Gasteiger partial charge is 0.0651 e. The molecule has 0 saturated heterocycles. The minimum atomic E-state index is 1.13. The molecule has 0 aromatic heterocycles. The summed E-state index contributed by atoms with van der Waals surface area (Å²) in [6, 6.07) is 23.8. The van der Waals surface area contributed by atoms with Crippen LogP contribution in [0.25, 0.3) is 0 Å². The Morgan fingerprint density at radius 3 is 1.52 bits per heavy atom. The van der Waals surface area contributed by atoms with E-state index in [1.807, 2.05) is 18.2 Å². The highest BCUT2D eigenvalue weighted by Gasteiger charge is 2.06. The van der Waals surface area contributed by atoms with Gasteiger partial charge >= 0.3 is 0 Å². The lowest BCUT2D eigenvalue weighted by atomic mass is 9.92. The summed E-state index contributed by atoms with van der Waals surface area (Å²) in [5.41, 5.74) is 10.1. The molecule has 0 heterocycles. The first kappa shape index (κ1) is 21.0. The van der Waals surface area contributed by atoms with Gasteiger partial charge in [-0.1, -0.05) is 91.2 Å². The topological polar surface area (TPSA) is 0 Å². The predicted molar refractivity (Wildman–Crippen MR) is 120 cm³/mol. The summed E-state index contributed by atoms with van der Waals surface area (Å²) in [4.78, 5) is 0. The number of aryl methyl sites for hydroxylation is 5. The highest BCUT2D eigenvalue weighted by Crippen LogP contribution is 2.21. The zero-order valence-corrected chi connectivity index (χ0v) is 17.7. The van der Waals surface area contributed by atoms with Gasteiger partial charge in [-0.15, -0.1) is 0 Å². The van der Waals surface area contributed by atoms with Crippen LogP contribution < -0.4 is 0 Å². The monoisotopic (exact) mass is 358 g/mol. The molecule has 0 saturated carbocycles. The van der Waals surface area contributed by atoms with Crippen molar-refractivity contribution in [3.05, 3.63) is 106 Å². The highest BCUT2D eigenvalue weighted by atomic mass is 14.1. The van der Waals surface area contributed by atoms with Crippen molar-refractivity contribution in [2.45, 2.75) is 60.3 Å². The van der Waals surface area contributed by atoms with Crippen LogP contribution in [-0.2, 0) is 19.3 Å². The Labute approximate surface area is 166 Å². The molecule has 0 heteroatoms. The van der Waals surface area contributed by atoms with E-state index in [2.05, 4.69) is 83.1 Å². The molecule has 0 unspecified atom stereocenters. The summed E-state index contributed by atoms with van der Waals surface area (Å²) in [5.74, 6) is 0. The van der Waals surface area contributed by atoms with Gasteiger partial charge < -0.3 is 0 Å². The maximum atomic E-state index is 2.33. The van der Waals surface area contributed by atoms with Crippen LogP contribution in [0.3, 0.4) is 0 Å². The van der Waals surface area contributed by atoms with Gasteiger partial charge in [0.25, 0.3) is 0 Å². The molecular weight excluding hydrogens is 324 g/mol. The lowest BCUT2D eigenvalue weighted by Gasteiger charge is -2.13. The molecule has 0 nitrogen and oxygen atoms in total. The van der Waals surface area contributed by atoms with Crippen LogP contribution >= 0.6 is 0 Å². The fraction of sp³-hybridized carbons (Fsp3) is 0.333. The van der Waals surface area contributed by atoms with E-state index < -0.39 is 0 Å². The van der Waals surface area contributed by atoms with Crippen LogP contribution in [0.15, 0.2) is 66.7 Å². The fourth-order valence-electron chi connectivity index (χ4n) is 3.31. The second-order valence-electron chi connectivity index (χ2n) is 7.52. The van der Waals surface area contributed by atoms with Gasteiger partial charge in [-0.25, -0.2) is 0 Å². The van der Waals surface area contributed by atoms with E-state index in [-0.39, 0.29) is 0 Å². The second-order valence-corrected chi connectivity index (χ2v) is 7.52. The Kier molecular flexibility index (Phi) is 8.33. The average Bonchev–Trinajstić information content (AvgIpc) is 2.67. The van der Waals surface area contributed by atoms with Gasteiger partial charge in [0.2, 0.25) is 0 Å². The van der Waals surface area contributed by atoms with E-state index in [9.17, 15) is 0 Å². The van der Waals surface area contributed by atoms with E-state index in [0.717, 1.165) is 12.8 Å². The summed E-state index contributed by atoms with van der Waals surface area (Å²) in [7, 11) is 0. The van der Waals surface area contributed by atoms with Crippen molar-refractivity contribution >= 4 is 0 Å². The molecule has 0 spiro atoms. The molecule has 27 heavy (non-hydrogen) atoms. The molecule has 0 aliphatic rings. The highest BCUT2D eigenvalue weighted by molar-refractivity contribution is 5.40. The molecule has 0 radical (unpaired) electrons.